The van der Waals surface area contributed by atoms with Crippen LogP contribution in [0.1, 0.15) is 19.8 Å². The summed E-state index contributed by atoms with van der Waals surface area (Å²) in [5.41, 5.74) is 0.227. The molecule has 0 bridgehead atoms. The second kappa shape index (κ2) is 9.22. The second-order valence-corrected chi connectivity index (χ2v) is 7.57. The molecule has 1 heterocycles. The van der Waals surface area contributed by atoms with E-state index in [2.05, 4.69) is 10.6 Å². The van der Waals surface area contributed by atoms with Crippen LogP contribution < -0.4 is 10.6 Å². The average molecular weight is 422 g/mol. The van der Waals surface area contributed by atoms with E-state index in [1.807, 2.05) is 0 Å². The number of carbonyl (C=O) groups is 2. The predicted molar refractivity (Wildman–Crippen MR) is 109 cm³/mol. The predicted octanol–water partition coefficient (Wildman–Crippen LogP) is 5.14. The number of para-hydroxylation sites is 1. The minimum absolute atomic E-state index is 0.0180. The summed E-state index contributed by atoms with van der Waals surface area (Å²) in [6, 6.07) is 10.1. The lowest BCUT2D eigenvalue weighted by Gasteiger charge is -2.34. The Morgan fingerprint density at radius 1 is 1.03 bits per heavy atom. The lowest BCUT2D eigenvalue weighted by atomic mass is 9.85. The Bertz CT molecular complexity index is 864. The number of carbonyl (C=O) groups excluding carboxylic acids is 2. The molecular formula is C21H22ClF2N3O2. The fourth-order valence-electron chi connectivity index (χ4n) is 3.41. The van der Waals surface area contributed by atoms with Crippen LogP contribution in [0, 0.1) is 23.5 Å². The first-order valence-electron chi connectivity index (χ1n) is 9.41. The second-order valence-electron chi connectivity index (χ2n) is 7.14. The molecule has 3 rings (SSSR count). The zero-order valence-corrected chi connectivity index (χ0v) is 16.7. The highest BCUT2D eigenvalue weighted by Gasteiger charge is 2.30. The number of nitrogens with zero attached hydrogens (tertiary/aromatic N) is 1. The fourth-order valence-corrected chi connectivity index (χ4v) is 3.53. The van der Waals surface area contributed by atoms with Crippen molar-refractivity contribution < 1.29 is 18.4 Å². The third kappa shape index (κ3) is 5.23. The summed E-state index contributed by atoms with van der Waals surface area (Å²) in [7, 11) is 0. The molecule has 0 saturated carbocycles. The van der Waals surface area contributed by atoms with E-state index in [-0.39, 0.29) is 11.9 Å². The quantitative estimate of drug-likeness (QED) is 0.718. The van der Waals surface area contributed by atoms with Gasteiger partial charge < -0.3 is 15.5 Å². The molecule has 5 nitrogen and oxygen atoms in total. The van der Waals surface area contributed by atoms with Crippen molar-refractivity contribution in [2.75, 3.05) is 23.7 Å². The molecule has 1 atom stereocenters. The first-order chi connectivity index (χ1) is 13.8. The van der Waals surface area contributed by atoms with Crippen molar-refractivity contribution in [3.63, 3.8) is 0 Å². The van der Waals surface area contributed by atoms with Gasteiger partial charge in [-0.2, -0.15) is 0 Å². The molecule has 0 aromatic heterocycles. The normalized spacial score (nSPS) is 15.7. The van der Waals surface area contributed by atoms with E-state index in [4.69, 9.17) is 11.6 Å². The number of hydrogen-bond donors (Lipinski definition) is 2. The maximum atomic E-state index is 13.7. The van der Waals surface area contributed by atoms with Gasteiger partial charge in [0.05, 0.1) is 0 Å². The van der Waals surface area contributed by atoms with Gasteiger partial charge in [-0.05, 0) is 55.2 Å². The molecular weight excluding hydrogens is 400 g/mol. The SMILES string of the molecule is C[C@H](C(=O)Nc1c(F)cccc1F)C1CCN(C(=O)Nc2ccc(Cl)cc2)CC1. The van der Waals surface area contributed by atoms with Crippen molar-refractivity contribution in [1.29, 1.82) is 0 Å². The number of nitrogens with one attached hydrogen (secondary N) is 2. The summed E-state index contributed by atoms with van der Waals surface area (Å²) in [6.45, 7) is 2.73. The molecule has 2 N–H and O–H groups in total. The molecule has 2 aromatic carbocycles. The Morgan fingerprint density at radius 2 is 1.62 bits per heavy atom. The topological polar surface area (TPSA) is 61.4 Å². The van der Waals surface area contributed by atoms with E-state index in [1.165, 1.54) is 6.07 Å². The van der Waals surface area contributed by atoms with Gasteiger partial charge in [-0.15, -0.1) is 0 Å². The van der Waals surface area contributed by atoms with Gasteiger partial charge in [0.1, 0.15) is 17.3 Å². The Hall–Kier alpha value is -2.67. The van der Waals surface area contributed by atoms with E-state index in [0.29, 0.717) is 36.6 Å². The molecule has 0 unspecified atom stereocenters. The maximum absolute atomic E-state index is 13.7. The number of benzene rings is 2. The van der Waals surface area contributed by atoms with Crippen molar-refractivity contribution in [2.24, 2.45) is 11.8 Å². The Kier molecular flexibility index (Phi) is 6.69. The van der Waals surface area contributed by atoms with Gasteiger partial charge >= 0.3 is 6.03 Å². The smallest absolute Gasteiger partial charge is 0.321 e. The van der Waals surface area contributed by atoms with Crippen molar-refractivity contribution in [3.8, 4) is 0 Å². The van der Waals surface area contributed by atoms with Gasteiger partial charge in [-0.1, -0.05) is 24.6 Å². The average Bonchev–Trinajstić information content (AvgIpc) is 2.72. The minimum Gasteiger partial charge on any atom is -0.325 e. The Labute approximate surface area is 173 Å². The summed E-state index contributed by atoms with van der Waals surface area (Å²) in [5, 5.41) is 5.76. The maximum Gasteiger partial charge on any atom is 0.321 e. The van der Waals surface area contributed by atoms with Crippen LogP contribution in [-0.2, 0) is 4.79 Å². The largest absolute Gasteiger partial charge is 0.325 e. The van der Waals surface area contributed by atoms with Crippen LogP contribution in [0.5, 0.6) is 0 Å². The van der Waals surface area contributed by atoms with Gasteiger partial charge in [0.2, 0.25) is 5.91 Å². The van der Waals surface area contributed by atoms with E-state index >= 15 is 0 Å². The number of rotatable bonds is 4. The molecule has 154 valence electrons. The molecule has 0 spiro atoms. The number of urea groups is 1. The molecule has 0 radical (unpaired) electrons. The first-order valence-corrected chi connectivity index (χ1v) is 9.79. The third-order valence-corrected chi connectivity index (χ3v) is 5.51. The van der Waals surface area contributed by atoms with Gasteiger partial charge in [0.25, 0.3) is 0 Å². The lowest BCUT2D eigenvalue weighted by Crippen LogP contribution is -2.43. The minimum atomic E-state index is -0.806. The van der Waals surface area contributed by atoms with Gasteiger partial charge in [0, 0.05) is 29.7 Å². The van der Waals surface area contributed by atoms with Crippen molar-refractivity contribution in [1.82, 2.24) is 4.90 Å². The fraction of sp³-hybridized carbons (Fsp3) is 0.333. The van der Waals surface area contributed by atoms with E-state index < -0.39 is 29.1 Å². The van der Waals surface area contributed by atoms with Gasteiger partial charge in [-0.3, -0.25) is 4.79 Å². The summed E-state index contributed by atoms with van der Waals surface area (Å²) < 4.78 is 27.5. The van der Waals surface area contributed by atoms with Crippen molar-refractivity contribution in [2.45, 2.75) is 19.8 Å². The van der Waals surface area contributed by atoms with Gasteiger partial charge in [-0.25, -0.2) is 13.6 Å². The van der Waals surface area contributed by atoms with E-state index in [1.54, 1.807) is 36.1 Å². The highest BCUT2D eigenvalue weighted by atomic mass is 35.5. The molecule has 1 saturated heterocycles. The molecule has 0 aliphatic carbocycles. The number of halogens is 3. The molecule has 3 amide bonds. The lowest BCUT2D eigenvalue weighted by molar-refractivity contribution is -0.121. The standard InChI is InChI=1S/C21H22ClF2N3O2/c1-13(20(28)26-19-17(23)3-2-4-18(19)24)14-9-11-27(12-10-14)21(29)25-16-7-5-15(22)6-8-16/h2-8,13-14H,9-12H2,1H3,(H,25,29)(H,26,28)/t13-/m0/s1. The molecule has 1 aliphatic heterocycles. The zero-order valence-electron chi connectivity index (χ0n) is 15.9. The van der Waals surface area contributed by atoms with Crippen molar-refractivity contribution >= 4 is 34.9 Å². The first kappa shape index (κ1) is 21.0. The summed E-state index contributed by atoms with van der Waals surface area (Å²) in [5.74, 6) is -2.46. The molecule has 2 aromatic rings. The highest BCUT2D eigenvalue weighted by molar-refractivity contribution is 6.30. The number of likely N-dealkylation sites (tertiary alicyclic amines) is 1. The summed E-state index contributed by atoms with van der Waals surface area (Å²) >= 11 is 5.84. The Morgan fingerprint density at radius 3 is 2.21 bits per heavy atom. The van der Waals surface area contributed by atoms with Crippen LogP contribution in [0.3, 0.4) is 0 Å². The van der Waals surface area contributed by atoms with Crippen LogP contribution in [0.4, 0.5) is 25.0 Å². The van der Waals surface area contributed by atoms with E-state index in [9.17, 15) is 18.4 Å². The number of amides is 3. The van der Waals surface area contributed by atoms with Crippen LogP contribution in [0.2, 0.25) is 5.02 Å². The number of piperidine rings is 1. The van der Waals surface area contributed by atoms with Crippen LogP contribution in [-0.4, -0.2) is 29.9 Å². The van der Waals surface area contributed by atoms with Crippen LogP contribution >= 0.6 is 11.6 Å². The molecule has 1 fully saturated rings. The summed E-state index contributed by atoms with van der Waals surface area (Å²) in [4.78, 5) is 26.5. The highest BCUT2D eigenvalue weighted by Crippen LogP contribution is 2.27. The zero-order chi connectivity index (χ0) is 21.0. The van der Waals surface area contributed by atoms with Crippen molar-refractivity contribution in [3.05, 3.63) is 59.1 Å². The third-order valence-electron chi connectivity index (χ3n) is 5.25. The van der Waals surface area contributed by atoms with Crippen LogP contribution in [0.25, 0.3) is 0 Å². The number of anilines is 2. The van der Waals surface area contributed by atoms with E-state index in [0.717, 1.165) is 12.1 Å². The molecule has 1 aliphatic rings. The monoisotopic (exact) mass is 421 g/mol. The van der Waals surface area contributed by atoms with Crippen LogP contribution in [0.15, 0.2) is 42.5 Å². The number of hydrogen-bond acceptors (Lipinski definition) is 2. The van der Waals surface area contributed by atoms with Gasteiger partial charge in [0.15, 0.2) is 0 Å². The molecule has 29 heavy (non-hydrogen) atoms. The molecule has 8 heteroatoms. The summed E-state index contributed by atoms with van der Waals surface area (Å²) in [6.07, 6.45) is 1.25. The Balaban J connectivity index is 1.52.